The number of halogens is 1. The van der Waals surface area contributed by atoms with Crippen LogP contribution in [-0.4, -0.2) is 41.1 Å². The van der Waals surface area contributed by atoms with Crippen LogP contribution < -0.4 is 5.32 Å². The summed E-state index contributed by atoms with van der Waals surface area (Å²) in [5.74, 6) is 0.801. The number of nitrogens with one attached hydrogen (secondary N) is 1. The van der Waals surface area contributed by atoms with Crippen LogP contribution in [0.2, 0.25) is 5.02 Å². The highest BCUT2D eigenvalue weighted by atomic mass is 35.5. The lowest BCUT2D eigenvalue weighted by Crippen LogP contribution is -2.48. The largest absolute Gasteiger partial charge is 0.339 e. The maximum atomic E-state index is 12.9. The first-order chi connectivity index (χ1) is 9.74. The van der Waals surface area contributed by atoms with Crippen LogP contribution in [0.15, 0.2) is 12.3 Å². The van der Waals surface area contributed by atoms with Crippen molar-refractivity contribution in [2.24, 2.45) is 5.92 Å². The molecule has 3 aliphatic rings. The highest BCUT2D eigenvalue weighted by Gasteiger charge is 2.39. The van der Waals surface area contributed by atoms with Gasteiger partial charge in [-0.05, 0) is 37.7 Å². The molecule has 2 aliphatic heterocycles. The van der Waals surface area contributed by atoms with Gasteiger partial charge in [0.1, 0.15) is 5.69 Å². The van der Waals surface area contributed by atoms with E-state index in [4.69, 9.17) is 11.6 Å². The molecule has 0 bridgehead atoms. The third-order valence-electron chi connectivity index (χ3n) is 4.91. The summed E-state index contributed by atoms with van der Waals surface area (Å²) >= 11 is 6.13. The average molecular weight is 294 g/mol. The number of likely N-dealkylation sites (tertiary alicyclic amines) is 1. The van der Waals surface area contributed by atoms with Crippen molar-refractivity contribution in [3.63, 3.8) is 0 Å². The molecule has 4 nitrogen and oxygen atoms in total. The zero-order valence-corrected chi connectivity index (χ0v) is 12.3. The van der Waals surface area contributed by atoms with Crippen LogP contribution in [0.1, 0.15) is 42.2 Å². The van der Waals surface area contributed by atoms with E-state index >= 15 is 0 Å². The van der Waals surface area contributed by atoms with Gasteiger partial charge in [-0.1, -0.05) is 11.6 Å². The van der Waals surface area contributed by atoms with Gasteiger partial charge in [0.15, 0.2) is 0 Å². The minimum Gasteiger partial charge on any atom is -0.339 e. The van der Waals surface area contributed by atoms with Crippen molar-refractivity contribution in [1.82, 2.24) is 14.8 Å². The average Bonchev–Trinajstić information content (AvgIpc) is 3.05. The highest BCUT2D eigenvalue weighted by molar-refractivity contribution is 6.31. The Morgan fingerprint density at radius 1 is 1.30 bits per heavy atom. The molecule has 2 atom stereocenters. The summed E-state index contributed by atoms with van der Waals surface area (Å²) in [6, 6.07) is 2.70. The van der Waals surface area contributed by atoms with Gasteiger partial charge >= 0.3 is 0 Å². The van der Waals surface area contributed by atoms with Crippen molar-refractivity contribution in [3.05, 3.63) is 23.0 Å². The minimum atomic E-state index is 0.169. The smallest absolute Gasteiger partial charge is 0.270 e. The van der Waals surface area contributed by atoms with Gasteiger partial charge in [0.25, 0.3) is 5.91 Å². The number of nitrogens with zero attached hydrogens (tertiary/aromatic N) is 2. The summed E-state index contributed by atoms with van der Waals surface area (Å²) in [6.07, 6.45) is 6.61. The molecule has 3 heterocycles. The zero-order chi connectivity index (χ0) is 13.7. The molecular weight excluding hydrogens is 274 g/mol. The van der Waals surface area contributed by atoms with E-state index in [0.717, 1.165) is 31.7 Å². The molecule has 1 N–H and O–H groups in total. The van der Waals surface area contributed by atoms with E-state index in [1.165, 1.54) is 19.3 Å². The number of hydrogen-bond acceptors (Lipinski definition) is 2. The fourth-order valence-electron chi connectivity index (χ4n) is 3.74. The molecule has 1 amide bonds. The van der Waals surface area contributed by atoms with Crippen LogP contribution in [0.3, 0.4) is 0 Å². The number of piperidine rings is 1. The Hall–Kier alpha value is -1.00. The predicted octanol–water partition coefficient (Wildman–Crippen LogP) is 2.30. The molecule has 4 rings (SSSR count). The van der Waals surface area contributed by atoms with Gasteiger partial charge in [0.05, 0.1) is 5.02 Å². The molecule has 5 heteroatoms. The maximum Gasteiger partial charge on any atom is 0.270 e. The fraction of sp³-hybridized carbons (Fsp3) is 0.667. The molecule has 0 aromatic carbocycles. The maximum absolute atomic E-state index is 12.9. The molecule has 1 saturated carbocycles. The summed E-state index contributed by atoms with van der Waals surface area (Å²) in [4.78, 5) is 15.0. The molecule has 2 saturated heterocycles. The second-order valence-corrected chi connectivity index (χ2v) is 6.74. The van der Waals surface area contributed by atoms with E-state index in [1.807, 2.05) is 12.3 Å². The van der Waals surface area contributed by atoms with E-state index < -0.39 is 0 Å². The molecule has 0 radical (unpaired) electrons. The molecular formula is C15H20ClN3O. The molecule has 2 unspecified atom stereocenters. The van der Waals surface area contributed by atoms with Gasteiger partial charge in [-0.15, -0.1) is 0 Å². The van der Waals surface area contributed by atoms with Gasteiger partial charge in [-0.25, -0.2) is 0 Å². The topological polar surface area (TPSA) is 37.3 Å². The molecule has 1 aromatic heterocycles. The Bertz CT molecular complexity index is 537. The van der Waals surface area contributed by atoms with Gasteiger partial charge in [0.2, 0.25) is 0 Å². The van der Waals surface area contributed by atoms with Gasteiger partial charge in [-0.3, -0.25) is 4.79 Å². The van der Waals surface area contributed by atoms with Crippen molar-refractivity contribution >= 4 is 17.5 Å². The minimum absolute atomic E-state index is 0.169. The van der Waals surface area contributed by atoms with Gasteiger partial charge in [-0.2, -0.15) is 0 Å². The Balaban J connectivity index is 1.63. The summed E-state index contributed by atoms with van der Waals surface area (Å²) in [7, 11) is 0. The van der Waals surface area contributed by atoms with Crippen LogP contribution in [-0.2, 0) is 0 Å². The Morgan fingerprint density at radius 3 is 2.95 bits per heavy atom. The van der Waals surface area contributed by atoms with Crippen LogP contribution in [0.5, 0.6) is 0 Å². The van der Waals surface area contributed by atoms with E-state index in [2.05, 4.69) is 14.8 Å². The van der Waals surface area contributed by atoms with Crippen LogP contribution in [0, 0.1) is 5.92 Å². The Labute approximate surface area is 124 Å². The molecule has 1 aliphatic carbocycles. The number of fused-ring (bicyclic) bond motifs is 1. The van der Waals surface area contributed by atoms with Crippen molar-refractivity contribution in [2.45, 2.75) is 37.8 Å². The van der Waals surface area contributed by atoms with Crippen molar-refractivity contribution in [2.75, 3.05) is 19.6 Å². The Kier molecular flexibility index (Phi) is 3.04. The second kappa shape index (κ2) is 4.78. The number of aromatic nitrogens is 1. The first-order valence-electron chi connectivity index (χ1n) is 7.63. The number of carbonyl (C=O) groups is 1. The number of amides is 1. The first-order valence-corrected chi connectivity index (χ1v) is 8.01. The lowest BCUT2D eigenvalue weighted by Gasteiger charge is -2.37. The van der Waals surface area contributed by atoms with Crippen LogP contribution in [0.25, 0.3) is 0 Å². The lowest BCUT2D eigenvalue weighted by molar-refractivity contribution is 0.0563. The van der Waals surface area contributed by atoms with E-state index in [-0.39, 0.29) is 5.91 Å². The van der Waals surface area contributed by atoms with Crippen molar-refractivity contribution < 1.29 is 4.79 Å². The molecule has 1 aromatic rings. The fourth-order valence-corrected chi connectivity index (χ4v) is 3.95. The zero-order valence-electron chi connectivity index (χ0n) is 11.5. The van der Waals surface area contributed by atoms with Gasteiger partial charge < -0.3 is 14.8 Å². The predicted molar refractivity (Wildman–Crippen MR) is 78.1 cm³/mol. The lowest BCUT2D eigenvalue weighted by atomic mass is 9.92. The molecule has 20 heavy (non-hydrogen) atoms. The number of carbonyl (C=O) groups excluding carboxylic acids is 1. The van der Waals surface area contributed by atoms with Crippen molar-refractivity contribution in [3.8, 4) is 0 Å². The highest BCUT2D eigenvalue weighted by Crippen LogP contribution is 2.38. The summed E-state index contributed by atoms with van der Waals surface area (Å²) in [6.45, 7) is 2.88. The third kappa shape index (κ3) is 2.06. The summed E-state index contributed by atoms with van der Waals surface area (Å²) in [5, 5.41) is 4.11. The van der Waals surface area contributed by atoms with Crippen molar-refractivity contribution in [1.29, 1.82) is 0 Å². The normalized spacial score (nSPS) is 29.6. The third-order valence-corrected chi connectivity index (χ3v) is 5.12. The Morgan fingerprint density at radius 2 is 2.15 bits per heavy atom. The number of hydrogen-bond donors (Lipinski definition) is 1. The van der Waals surface area contributed by atoms with Crippen LogP contribution >= 0.6 is 11.6 Å². The van der Waals surface area contributed by atoms with E-state index in [1.54, 1.807) is 0 Å². The van der Waals surface area contributed by atoms with E-state index in [9.17, 15) is 4.79 Å². The monoisotopic (exact) mass is 293 g/mol. The molecule has 0 spiro atoms. The first kappa shape index (κ1) is 12.7. The quantitative estimate of drug-likeness (QED) is 0.908. The molecule has 108 valence electrons. The van der Waals surface area contributed by atoms with Crippen LogP contribution in [0.4, 0.5) is 0 Å². The standard InChI is InChI=1S/C15H20ClN3O/c16-11-6-13(19(9-11)12-3-4-12)15(20)18-5-1-2-10-7-17-8-14(10)18/h6,9-10,12,14,17H,1-5,7-8H2. The summed E-state index contributed by atoms with van der Waals surface area (Å²) in [5.41, 5.74) is 0.782. The van der Waals surface area contributed by atoms with Gasteiger partial charge in [0, 0.05) is 37.9 Å². The second-order valence-electron chi connectivity index (χ2n) is 6.31. The summed E-state index contributed by atoms with van der Waals surface area (Å²) < 4.78 is 2.09. The van der Waals surface area contributed by atoms with E-state index in [0.29, 0.717) is 23.0 Å². The SMILES string of the molecule is O=C(c1cc(Cl)cn1C1CC1)N1CCCC2CNCC21. The molecule has 3 fully saturated rings. The number of rotatable bonds is 2.